The molecule has 2 heterocycles. The van der Waals surface area contributed by atoms with E-state index in [0.29, 0.717) is 6.54 Å². The van der Waals surface area contributed by atoms with Gasteiger partial charge in [-0.2, -0.15) is 0 Å². The summed E-state index contributed by atoms with van der Waals surface area (Å²) in [5.74, 6) is 0.664. The molecule has 2 aromatic heterocycles. The van der Waals surface area contributed by atoms with Gasteiger partial charge < -0.3 is 9.73 Å². The van der Waals surface area contributed by atoms with Crippen LogP contribution in [0.4, 0.5) is 0 Å². The molecule has 0 aliphatic carbocycles. The number of furan rings is 1. The largest absolute Gasteiger partial charge is 0.462 e. The van der Waals surface area contributed by atoms with E-state index in [0.717, 1.165) is 40.1 Å². The summed E-state index contributed by atoms with van der Waals surface area (Å²) in [6.45, 7) is 6.47. The van der Waals surface area contributed by atoms with Crippen LogP contribution in [0.3, 0.4) is 0 Å². The number of halogens is 1. The molecule has 3 aromatic rings. The lowest BCUT2D eigenvalue weighted by Crippen LogP contribution is -2.38. The number of carbonyl (C=O) groups is 1. The molecule has 0 aliphatic rings. The summed E-state index contributed by atoms with van der Waals surface area (Å²) >= 11 is 7.89. The van der Waals surface area contributed by atoms with Gasteiger partial charge in [-0.05, 0) is 36.9 Å². The third-order valence-electron chi connectivity index (χ3n) is 4.64. The topological polar surface area (TPSA) is 58.4 Å². The summed E-state index contributed by atoms with van der Waals surface area (Å²) in [5, 5.41) is 6.45. The summed E-state index contributed by atoms with van der Waals surface area (Å²) in [6.07, 6.45) is 1.86. The van der Waals surface area contributed by atoms with Crippen molar-refractivity contribution in [1.82, 2.24) is 15.2 Å². The Morgan fingerprint density at radius 2 is 2.04 bits per heavy atom. The summed E-state index contributed by atoms with van der Waals surface area (Å²) in [7, 11) is 0. The van der Waals surface area contributed by atoms with Gasteiger partial charge in [0.2, 0.25) is 5.91 Å². The normalized spacial score (nSPS) is 12.3. The van der Waals surface area contributed by atoms with E-state index in [2.05, 4.69) is 29.0 Å². The van der Waals surface area contributed by atoms with Crippen LogP contribution in [0.5, 0.6) is 0 Å². The maximum absolute atomic E-state index is 12.5. The quantitative estimate of drug-likeness (QED) is 0.543. The zero-order chi connectivity index (χ0) is 19.9. The first kappa shape index (κ1) is 20.6. The molecular weight excluding hydrogens is 394 g/mol. The molecule has 3 rings (SSSR count). The number of aromatic nitrogens is 1. The van der Waals surface area contributed by atoms with Crippen LogP contribution in [0.25, 0.3) is 10.8 Å². The van der Waals surface area contributed by atoms with Gasteiger partial charge >= 0.3 is 0 Å². The fourth-order valence-corrected chi connectivity index (χ4v) is 4.23. The van der Waals surface area contributed by atoms with Gasteiger partial charge in [-0.3, -0.25) is 9.69 Å². The van der Waals surface area contributed by atoms with Crippen molar-refractivity contribution in [2.45, 2.75) is 26.3 Å². The highest BCUT2D eigenvalue weighted by atomic mass is 35.5. The molecule has 5 nitrogen and oxygen atoms in total. The van der Waals surface area contributed by atoms with Crippen LogP contribution >= 0.6 is 22.9 Å². The van der Waals surface area contributed by atoms with E-state index in [4.69, 9.17) is 16.0 Å². The van der Waals surface area contributed by atoms with Gasteiger partial charge in [0.25, 0.3) is 0 Å². The number of hydrogen-bond acceptors (Lipinski definition) is 5. The van der Waals surface area contributed by atoms with Gasteiger partial charge in [0.05, 0.1) is 24.4 Å². The number of likely N-dealkylation sites (N-methyl/N-ethyl adjacent to an activating group) is 1. The third-order valence-corrected chi connectivity index (χ3v) is 5.89. The number of hydrogen-bond donors (Lipinski definition) is 1. The SMILES string of the molecule is CCN(CC)C(CNC(=O)Cc1csc(-c2ccco2)n1)c1ccccc1Cl. The molecule has 0 saturated heterocycles. The van der Waals surface area contributed by atoms with Crippen molar-refractivity contribution in [3.8, 4) is 10.8 Å². The highest BCUT2D eigenvalue weighted by molar-refractivity contribution is 7.13. The predicted molar refractivity (Wildman–Crippen MR) is 114 cm³/mol. The van der Waals surface area contributed by atoms with Gasteiger partial charge in [-0.1, -0.05) is 43.6 Å². The summed E-state index contributed by atoms with van der Waals surface area (Å²) < 4.78 is 5.36. The molecule has 0 fully saturated rings. The lowest BCUT2D eigenvalue weighted by molar-refractivity contribution is -0.120. The monoisotopic (exact) mass is 417 g/mol. The van der Waals surface area contributed by atoms with Crippen molar-refractivity contribution < 1.29 is 9.21 Å². The molecule has 1 aromatic carbocycles. The Morgan fingerprint density at radius 1 is 1.25 bits per heavy atom. The van der Waals surface area contributed by atoms with Crippen molar-refractivity contribution in [3.63, 3.8) is 0 Å². The van der Waals surface area contributed by atoms with E-state index in [-0.39, 0.29) is 18.4 Å². The molecule has 1 amide bonds. The number of nitrogens with zero attached hydrogens (tertiary/aromatic N) is 2. The molecule has 1 N–H and O–H groups in total. The molecule has 0 bridgehead atoms. The van der Waals surface area contributed by atoms with Crippen molar-refractivity contribution in [1.29, 1.82) is 0 Å². The number of amides is 1. The van der Waals surface area contributed by atoms with E-state index < -0.39 is 0 Å². The van der Waals surface area contributed by atoms with Crippen LogP contribution < -0.4 is 5.32 Å². The van der Waals surface area contributed by atoms with Gasteiger partial charge in [0, 0.05) is 16.9 Å². The predicted octanol–water partition coefficient (Wildman–Crippen LogP) is 4.80. The zero-order valence-electron chi connectivity index (χ0n) is 16.0. The molecule has 0 saturated carbocycles. The number of carbonyl (C=O) groups excluding carboxylic acids is 1. The smallest absolute Gasteiger partial charge is 0.226 e. The second kappa shape index (κ2) is 9.87. The number of thiazole rings is 1. The molecular formula is C21H24ClN3O2S. The van der Waals surface area contributed by atoms with Gasteiger partial charge in [0.15, 0.2) is 10.8 Å². The maximum atomic E-state index is 12.5. The molecule has 0 aliphatic heterocycles. The van der Waals surface area contributed by atoms with Crippen LogP contribution in [-0.2, 0) is 11.2 Å². The van der Waals surface area contributed by atoms with Crippen LogP contribution in [0, 0.1) is 0 Å². The first-order valence-electron chi connectivity index (χ1n) is 9.35. The molecule has 1 unspecified atom stereocenters. The summed E-state index contributed by atoms with van der Waals surface area (Å²) in [6, 6.07) is 11.5. The van der Waals surface area contributed by atoms with E-state index in [1.165, 1.54) is 11.3 Å². The van der Waals surface area contributed by atoms with Gasteiger partial charge in [-0.15, -0.1) is 11.3 Å². The molecule has 28 heavy (non-hydrogen) atoms. The summed E-state index contributed by atoms with van der Waals surface area (Å²) in [4.78, 5) is 19.3. The minimum atomic E-state index is -0.0551. The number of rotatable bonds is 9. The Hall–Kier alpha value is -2.15. The molecule has 0 spiro atoms. The van der Waals surface area contributed by atoms with Crippen molar-refractivity contribution in [2.75, 3.05) is 19.6 Å². The second-order valence-corrected chi connectivity index (χ2v) is 7.63. The van der Waals surface area contributed by atoms with Gasteiger partial charge in [-0.25, -0.2) is 4.98 Å². The van der Waals surface area contributed by atoms with Crippen LogP contribution in [0.2, 0.25) is 5.02 Å². The first-order chi connectivity index (χ1) is 13.6. The van der Waals surface area contributed by atoms with Crippen LogP contribution in [0.1, 0.15) is 31.1 Å². The average molecular weight is 418 g/mol. The van der Waals surface area contributed by atoms with Crippen molar-refractivity contribution in [2.24, 2.45) is 0 Å². The van der Waals surface area contributed by atoms with Gasteiger partial charge in [0.1, 0.15) is 0 Å². The van der Waals surface area contributed by atoms with Crippen molar-refractivity contribution >= 4 is 28.8 Å². The molecule has 7 heteroatoms. The highest BCUT2D eigenvalue weighted by Gasteiger charge is 2.21. The number of nitrogens with one attached hydrogen (secondary N) is 1. The lowest BCUT2D eigenvalue weighted by atomic mass is 10.0. The highest BCUT2D eigenvalue weighted by Crippen LogP contribution is 2.27. The Morgan fingerprint density at radius 3 is 2.71 bits per heavy atom. The molecule has 0 radical (unpaired) electrons. The molecule has 148 valence electrons. The lowest BCUT2D eigenvalue weighted by Gasteiger charge is -2.30. The standard InChI is InChI=1S/C21H24ClN3O2S/c1-3-25(4-2)18(16-8-5-6-9-17(16)22)13-23-20(26)12-15-14-28-21(24-15)19-10-7-11-27-19/h5-11,14,18H,3-4,12-13H2,1-2H3,(H,23,26). The van der Waals surface area contributed by atoms with E-state index in [9.17, 15) is 4.79 Å². The average Bonchev–Trinajstić information content (AvgIpc) is 3.37. The minimum absolute atomic E-state index is 0.0294. The van der Waals surface area contributed by atoms with Crippen molar-refractivity contribution in [3.05, 3.63) is 64.3 Å². The van der Waals surface area contributed by atoms with E-state index in [1.54, 1.807) is 6.26 Å². The first-order valence-corrected chi connectivity index (χ1v) is 10.6. The third kappa shape index (κ3) is 5.01. The minimum Gasteiger partial charge on any atom is -0.462 e. The Labute approximate surface area is 174 Å². The fraction of sp³-hybridized carbons (Fsp3) is 0.333. The zero-order valence-corrected chi connectivity index (χ0v) is 17.6. The molecule has 1 atom stereocenters. The maximum Gasteiger partial charge on any atom is 0.226 e. The Balaban J connectivity index is 1.64. The fourth-order valence-electron chi connectivity index (χ4n) is 3.18. The van der Waals surface area contributed by atoms with Crippen LogP contribution in [0.15, 0.2) is 52.5 Å². The van der Waals surface area contributed by atoms with E-state index in [1.807, 2.05) is 41.8 Å². The number of benzene rings is 1. The Kier molecular flexibility index (Phi) is 7.25. The second-order valence-electron chi connectivity index (χ2n) is 6.36. The van der Waals surface area contributed by atoms with Crippen LogP contribution in [-0.4, -0.2) is 35.4 Å². The van der Waals surface area contributed by atoms with E-state index >= 15 is 0 Å². The summed E-state index contributed by atoms with van der Waals surface area (Å²) in [5.41, 5.74) is 1.77. The Bertz CT molecular complexity index is 891.